The molecular weight excluding hydrogens is 204 g/mol. The summed E-state index contributed by atoms with van der Waals surface area (Å²) in [6.45, 7) is 0. The minimum absolute atomic E-state index is 0.477. The Kier molecular flexibility index (Phi) is 4.82. The number of aldehydes is 2. The first-order valence-electron chi connectivity index (χ1n) is 5.16. The van der Waals surface area contributed by atoms with Crippen LogP contribution in [0.15, 0.2) is 24.3 Å². The quantitative estimate of drug-likeness (QED) is 0.651. The van der Waals surface area contributed by atoms with Crippen LogP contribution in [0, 0.1) is 0 Å². The van der Waals surface area contributed by atoms with Gasteiger partial charge in [-0.25, -0.2) is 0 Å². The van der Waals surface area contributed by atoms with Crippen molar-refractivity contribution in [2.45, 2.75) is 24.9 Å². The van der Waals surface area contributed by atoms with Gasteiger partial charge in [0.05, 0.1) is 12.1 Å². The Bertz CT molecular complexity index is 331. The maximum atomic E-state index is 10.5. The molecule has 0 bridgehead atoms. The Balaban J connectivity index is 2.82. The second-order valence-electron chi connectivity index (χ2n) is 3.78. The molecule has 0 fully saturated rings. The Morgan fingerprint density at radius 1 is 0.938 bits per heavy atom. The summed E-state index contributed by atoms with van der Waals surface area (Å²) in [5, 5.41) is 0. The zero-order valence-electron chi connectivity index (χ0n) is 9.00. The van der Waals surface area contributed by atoms with Gasteiger partial charge in [-0.3, -0.25) is 0 Å². The monoisotopic (exact) mass is 220 g/mol. The molecule has 0 aliphatic heterocycles. The normalized spacial score (nSPS) is 14.1. The number of nitrogens with two attached hydrogens (primary N) is 2. The summed E-state index contributed by atoms with van der Waals surface area (Å²) < 4.78 is 0. The number of benzene rings is 1. The molecular formula is C12H16N2O2. The molecule has 86 valence electrons. The standard InChI is InChI=1S/C12H16N2O2/c13-11(7-15)5-9-3-1-2-4-10(9)6-12(14)8-16/h1-4,7-8,11-12H,5-6,13-14H2. The number of rotatable bonds is 6. The highest BCUT2D eigenvalue weighted by Gasteiger charge is 2.09. The Labute approximate surface area is 94.6 Å². The van der Waals surface area contributed by atoms with Gasteiger partial charge in [0.1, 0.15) is 12.6 Å². The van der Waals surface area contributed by atoms with Crippen LogP contribution in [0.5, 0.6) is 0 Å². The molecule has 0 saturated heterocycles. The molecule has 1 aromatic carbocycles. The SMILES string of the molecule is NC(C=O)Cc1ccccc1CC(N)C=O. The molecule has 4 heteroatoms. The van der Waals surface area contributed by atoms with Gasteiger partial charge >= 0.3 is 0 Å². The van der Waals surface area contributed by atoms with Crippen LogP contribution < -0.4 is 11.5 Å². The third kappa shape index (κ3) is 3.56. The molecule has 2 atom stereocenters. The van der Waals surface area contributed by atoms with Gasteiger partial charge in [-0.2, -0.15) is 0 Å². The summed E-state index contributed by atoms with van der Waals surface area (Å²) in [6.07, 6.45) is 2.39. The smallest absolute Gasteiger partial charge is 0.137 e. The third-order valence-electron chi connectivity index (χ3n) is 2.38. The van der Waals surface area contributed by atoms with Gasteiger partial charge in [-0.1, -0.05) is 24.3 Å². The highest BCUT2D eigenvalue weighted by molar-refractivity contribution is 5.59. The minimum atomic E-state index is -0.506. The summed E-state index contributed by atoms with van der Waals surface area (Å²) in [5.74, 6) is 0. The van der Waals surface area contributed by atoms with Crippen molar-refractivity contribution in [3.63, 3.8) is 0 Å². The fourth-order valence-corrected chi connectivity index (χ4v) is 1.56. The van der Waals surface area contributed by atoms with Crippen molar-refractivity contribution in [2.24, 2.45) is 11.5 Å². The van der Waals surface area contributed by atoms with E-state index in [1.807, 2.05) is 24.3 Å². The number of carbonyl (C=O) groups is 2. The van der Waals surface area contributed by atoms with Crippen molar-refractivity contribution in [3.8, 4) is 0 Å². The van der Waals surface area contributed by atoms with Crippen LogP contribution in [0.25, 0.3) is 0 Å². The first kappa shape index (κ1) is 12.5. The lowest BCUT2D eigenvalue weighted by Gasteiger charge is -2.12. The van der Waals surface area contributed by atoms with Crippen molar-refractivity contribution in [1.82, 2.24) is 0 Å². The lowest BCUT2D eigenvalue weighted by molar-refractivity contribution is -0.109. The van der Waals surface area contributed by atoms with Gasteiger partial charge in [0.2, 0.25) is 0 Å². The molecule has 0 radical (unpaired) electrons. The molecule has 1 rings (SSSR count). The van der Waals surface area contributed by atoms with Crippen LogP contribution in [0.3, 0.4) is 0 Å². The van der Waals surface area contributed by atoms with E-state index in [4.69, 9.17) is 11.5 Å². The van der Waals surface area contributed by atoms with E-state index in [9.17, 15) is 9.59 Å². The summed E-state index contributed by atoms with van der Waals surface area (Å²) in [7, 11) is 0. The Hall–Kier alpha value is -1.52. The molecule has 4 N–H and O–H groups in total. The number of carbonyl (C=O) groups excluding carboxylic acids is 2. The molecule has 0 amide bonds. The van der Waals surface area contributed by atoms with Crippen LogP contribution in [0.1, 0.15) is 11.1 Å². The predicted octanol–water partition coefficient (Wildman–Crippen LogP) is -0.176. The summed E-state index contributed by atoms with van der Waals surface area (Å²) >= 11 is 0. The lowest BCUT2D eigenvalue weighted by Crippen LogP contribution is -2.27. The average Bonchev–Trinajstić information content (AvgIpc) is 2.31. The molecule has 0 aliphatic carbocycles. The highest BCUT2D eigenvalue weighted by atomic mass is 16.1. The van der Waals surface area contributed by atoms with Crippen LogP contribution in [-0.4, -0.2) is 24.7 Å². The van der Waals surface area contributed by atoms with Crippen LogP contribution in [0.4, 0.5) is 0 Å². The molecule has 16 heavy (non-hydrogen) atoms. The van der Waals surface area contributed by atoms with Crippen LogP contribution in [0.2, 0.25) is 0 Å². The van der Waals surface area contributed by atoms with Gasteiger partial charge in [-0.05, 0) is 24.0 Å². The van der Waals surface area contributed by atoms with E-state index < -0.39 is 12.1 Å². The number of hydrogen-bond donors (Lipinski definition) is 2. The van der Waals surface area contributed by atoms with Crippen molar-refractivity contribution < 1.29 is 9.59 Å². The van der Waals surface area contributed by atoms with E-state index in [1.165, 1.54) is 0 Å². The summed E-state index contributed by atoms with van der Waals surface area (Å²) in [6, 6.07) is 6.54. The summed E-state index contributed by atoms with van der Waals surface area (Å²) in [4.78, 5) is 21.0. The minimum Gasteiger partial charge on any atom is -0.321 e. The van der Waals surface area contributed by atoms with Crippen molar-refractivity contribution >= 4 is 12.6 Å². The topological polar surface area (TPSA) is 86.2 Å². The van der Waals surface area contributed by atoms with Gasteiger partial charge in [0.25, 0.3) is 0 Å². The maximum Gasteiger partial charge on any atom is 0.137 e. The number of hydrogen-bond acceptors (Lipinski definition) is 4. The van der Waals surface area contributed by atoms with E-state index in [-0.39, 0.29) is 0 Å². The molecule has 1 aromatic rings. The predicted molar refractivity (Wildman–Crippen MR) is 61.9 cm³/mol. The van der Waals surface area contributed by atoms with Gasteiger partial charge in [-0.15, -0.1) is 0 Å². The van der Waals surface area contributed by atoms with Crippen molar-refractivity contribution in [3.05, 3.63) is 35.4 Å². The van der Waals surface area contributed by atoms with Gasteiger partial charge in [0.15, 0.2) is 0 Å². The Morgan fingerprint density at radius 3 is 1.62 bits per heavy atom. The van der Waals surface area contributed by atoms with Crippen LogP contribution >= 0.6 is 0 Å². The van der Waals surface area contributed by atoms with Crippen molar-refractivity contribution in [2.75, 3.05) is 0 Å². The fraction of sp³-hybridized carbons (Fsp3) is 0.333. The van der Waals surface area contributed by atoms with E-state index in [0.29, 0.717) is 12.8 Å². The molecule has 0 heterocycles. The molecule has 0 aliphatic rings. The van der Waals surface area contributed by atoms with E-state index in [1.54, 1.807) is 0 Å². The van der Waals surface area contributed by atoms with E-state index in [0.717, 1.165) is 23.7 Å². The zero-order valence-corrected chi connectivity index (χ0v) is 9.00. The van der Waals surface area contributed by atoms with Crippen molar-refractivity contribution in [1.29, 1.82) is 0 Å². The van der Waals surface area contributed by atoms with E-state index in [2.05, 4.69) is 0 Å². The molecule has 0 aromatic heterocycles. The lowest BCUT2D eigenvalue weighted by atomic mass is 9.97. The first-order valence-corrected chi connectivity index (χ1v) is 5.16. The maximum absolute atomic E-state index is 10.5. The fourth-order valence-electron chi connectivity index (χ4n) is 1.56. The zero-order chi connectivity index (χ0) is 12.0. The van der Waals surface area contributed by atoms with Gasteiger partial charge in [0, 0.05) is 0 Å². The van der Waals surface area contributed by atoms with E-state index >= 15 is 0 Å². The molecule has 0 spiro atoms. The third-order valence-corrected chi connectivity index (χ3v) is 2.38. The first-order chi connectivity index (χ1) is 7.67. The molecule has 2 unspecified atom stereocenters. The largest absolute Gasteiger partial charge is 0.321 e. The highest BCUT2D eigenvalue weighted by Crippen LogP contribution is 2.11. The second kappa shape index (κ2) is 6.15. The Morgan fingerprint density at radius 2 is 1.31 bits per heavy atom. The van der Waals surface area contributed by atoms with Gasteiger partial charge < -0.3 is 21.1 Å². The van der Waals surface area contributed by atoms with Crippen LogP contribution in [-0.2, 0) is 22.4 Å². The summed E-state index contributed by atoms with van der Waals surface area (Å²) in [5.41, 5.74) is 13.1. The molecule has 0 saturated carbocycles. The molecule has 4 nitrogen and oxygen atoms in total. The average molecular weight is 220 g/mol. The second-order valence-corrected chi connectivity index (χ2v) is 3.78.